The van der Waals surface area contributed by atoms with Crippen LogP contribution < -0.4 is 20.3 Å². The second-order valence-corrected chi connectivity index (χ2v) is 8.43. The smallest absolute Gasteiger partial charge is 0.327 e. The first kappa shape index (κ1) is 24.6. The highest BCUT2D eigenvalue weighted by Gasteiger charge is 2.32. The van der Waals surface area contributed by atoms with Gasteiger partial charge in [-0.1, -0.05) is 12.1 Å². The first-order valence-electron chi connectivity index (χ1n) is 11.8. The summed E-state index contributed by atoms with van der Waals surface area (Å²) in [7, 11) is 0. The van der Waals surface area contributed by atoms with E-state index in [2.05, 4.69) is 15.3 Å². The minimum Gasteiger partial charge on any atom is -0.444 e. The van der Waals surface area contributed by atoms with Gasteiger partial charge in [0.25, 0.3) is 5.91 Å². The Labute approximate surface area is 216 Å². The molecule has 10 nitrogen and oxygen atoms in total. The van der Waals surface area contributed by atoms with Crippen molar-refractivity contribution in [1.82, 2.24) is 20.6 Å². The monoisotopic (exact) mass is 515 g/mol. The summed E-state index contributed by atoms with van der Waals surface area (Å²) in [5.41, 5.74) is 2.17. The number of halogens is 1. The molecule has 38 heavy (non-hydrogen) atoms. The van der Waals surface area contributed by atoms with Gasteiger partial charge in [-0.3, -0.25) is 20.2 Å². The van der Waals surface area contributed by atoms with Gasteiger partial charge in [-0.15, -0.1) is 0 Å². The molecule has 0 bridgehead atoms. The van der Waals surface area contributed by atoms with Gasteiger partial charge in [-0.2, -0.15) is 0 Å². The Balaban J connectivity index is 1.22. The molecule has 0 spiro atoms. The molecular weight excluding hydrogens is 493 g/mol. The van der Waals surface area contributed by atoms with Crippen LogP contribution in [0.4, 0.5) is 14.9 Å². The van der Waals surface area contributed by atoms with Gasteiger partial charge >= 0.3 is 6.03 Å². The van der Waals surface area contributed by atoms with E-state index in [-0.39, 0.29) is 12.2 Å². The van der Waals surface area contributed by atoms with E-state index in [9.17, 15) is 18.8 Å². The first-order valence-corrected chi connectivity index (χ1v) is 11.8. The van der Waals surface area contributed by atoms with Crippen molar-refractivity contribution in [3.8, 4) is 34.3 Å². The van der Waals surface area contributed by atoms with Crippen LogP contribution in [0.2, 0.25) is 0 Å². The van der Waals surface area contributed by atoms with Crippen molar-refractivity contribution < 1.29 is 27.9 Å². The second-order valence-electron chi connectivity index (χ2n) is 8.43. The van der Waals surface area contributed by atoms with E-state index in [1.807, 2.05) is 10.2 Å². The predicted octanol–water partition coefficient (Wildman–Crippen LogP) is 4.29. The number of imide groups is 2. The SMILES string of the molecule is O=CNC(=O)NC(=O)C1CCCN1c1ccc(Oc2ccc(-c3nc(-c4ccccc4F)co3)cc2)nc1. The van der Waals surface area contributed by atoms with Gasteiger partial charge in [0.2, 0.25) is 18.2 Å². The third kappa shape index (κ3) is 5.36. The number of rotatable bonds is 7. The van der Waals surface area contributed by atoms with Gasteiger partial charge in [-0.05, 0) is 55.3 Å². The number of pyridine rings is 1. The number of urea groups is 1. The molecule has 4 amide bonds. The first-order chi connectivity index (χ1) is 18.5. The Hall–Kier alpha value is -5.06. The van der Waals surface area contributed by atoms with Crippen molar-refractivity contribution in [3.05, 3.63) is 78.9 Å². The summed E-state index contributed by atoms with van der Waals surface area (Å²) in [4.78, 5) is 44.9. The number of benzene rings is 2. The third-order valence-corrected chi connectivity index (χ3v) is 6.01. The molecule has 192 valence electrons. The lowest BCUT2D eigenvalue weighted by Gasteiger charge is -2.25. The van der Waals surface area contributed by atoms with Crippen molar-refractivity contribution in [2.75, 3.05) is 11.4 Å². The van der Waals surface area contributed by atoms with E-state index in [0.29, 0.717) is 53.0 Å². The maximum atomic E-state index is 14.0. The van der Waals surface area contributed by atoms with Crippen LogP contribution in [0.25, 0.3) is 22.7 Å². The molecule has 2 aromatic carbocycles. The fourth-order valence-electron chi connectivity index (χ4n) is 4.22. The minimum absolute atomic E-state index is 0.211. The molecule has 5 rings (SSSR count). The average Bonchev–Trinajstić information content (AvgIpc) is 3.61. The summed E-state index contributed by atoms with van der Waals surface area (Å²) < 4.78 is 25.4. The van der Waals surface area contributed by atoms with Crippen molar-refractivity contribution in [1.29, 1.82) is 0 Å². The van der Waals surface area contributed by atoms with E-state index in [0.717, 1.165) is 6.42 Å². The lowest BCUT2D eigenvalue weighted by molar-refractivity contribution is -0.121. The van der Waals surface area contributed by atoms with Crippen molar-refractivity contribution in [3.63, 3.8) is 0 Å². The number of hydrogen-bond acceptors (Lipinski definition) is 8. The summed E-state index contributed by atoms with van der Waals surface area (Å²) in [6, 6.07) is 15.4. The normalized spacial score (nSPS) is 14.7. The number of anilines is 1. The molecule has 1 saturated heterocycles. The molecule has 0 radical (unpaired) electrons. The lowest BCUT2D eigenvalue weighted by atomic mass is 10.1. The number of nitrogens with one attached hydrogen (secondary N) is 2. The van der Waals surface area contributed by atoms with Gasteiger partial charge < -0.3 is 14.1 Å². The molecule has 1 fully saturated rings. The van der Waals surface area contributed by atoms with Crippen LogP contribution in [0.1, 0.15) is 12.8 Å². The van der Waals surface area contributed by atoms with Crippen LogP contribution in [0.15, 0.2) is 77.5 Å². The topological polar surface area (TPSA) is 127 Å². The van der Waals surface area contributed by atoms with Crippen LogP contribution in [0, 0.1) is 5.82 Å². The number of oxazole rings is 1. The van der Waals surface area contributed by atoms with Crippen molar-refractivity contribution in [2.45, 2.75) is 18.9 Å². The van der Waals surface area contributed by atoms with Crippen LogP contribution in [-0.2, 0) is 9.59 Å². The van der Waals surface area contributed by atoms with Gasteiger partial charge in [0.05, 0.1) is 11.9 Å². The van der Waals surface area contributed by atoms with Crippen LogP contribution in [-0.4, -0.2) is 40.9 Å². The Morgan fingerprint density at radius 2 is 1.92 bits per heavy atom. The summed E-state index contributed by atoms with van der Waals surface area (Å²) in [6.07, 6.45) is 4.56. The number of aromatic nitrogens is 2. The highest BCUT2D eigenvalue weighted by atomic mass is 19.1. The number of amides is 4. The van der Waals surface area contributed by atoms with Gasteiger partial charge in [0.1, 0.15) is 29.6 Å². The standard InChI is InChI=1S/C27H22FN5O5/c28-21-5-2-1-4-20(21)22-15-37-26(31-22)17-7-10-19(11-8-17)38-24-12-9-18(14-29-24)33-13-3-6-23(33)25(35)32-27(36)30-16-34/h1-2,4-5,7-12,14-16,23H,3,6,13H2,(H2,30,32,34,35,36). The molecule has 1 unspecified atom stereocenters. The number of hydrogen-bond donors (Lipinski definition) is 2. The Kier molecular flexibility index (Phi) is 7.07. The maximum absolute atomic E-state index is 14.0. The molecule has 1 aliphatic rings. The number of carbonyl (C=O) groups excluding carboxylic acids is 3. The Morgan fingerprint density at radius 1 is 1.11 bits per heavy atom. The highest BCUT2D eigenvalue weighted by Crippen LogP contribution is 2.30. The van der Waals surface area contributed by atoms with E-state index in [1.165, 1.54) is 12.3 Å². The number of nitrogens with zero attached hydrogens (tertiary/aromatic N) is 3. The number of ether oxygens (including phenoxy) is 1. The highest BCUT2D eigenvalue weighted by molar-refractivity contribution is 6.01. The molecule has 1 aliphatic heterocycles. The van der Waals surface area contributed by atoms with Crippen LogP contribution in [0.3, 0.4) is 0 Å². The summed E-state index contributed by atoms with van der Waals surface area (Å²) in [5.74, 6) is 0.374. The van der Waals surface area contributed by atoms with Crippen LogP contribution >= 0.6 is 0 Å². The minimum atomic E-state index is -0.863. The zero-order valence-electron chi connectivity index (χ0n) is 20.0. The van der Waals surface area contributed by atoms with Crippen molar-refractivity contribution >= 4 is 24.0 Å². The Bertz CT molecular complexity index is 1460. The van der Waals surface area contributed by atoms with E-state index >= 15 is 0 Å². The van der Waals surface area contributed by atoms with E-state index < -0.39 is 18.0 Å². The fraction of sp³-hybridized carbons (Fsp3) is 0.148. The van der Waals surface area contributed by atoms with Crippen LogP contribution in [0.5, 0.6) is 11.6 Å². The molecule has 1 atom stereocenters. The average molecular weight is 516 g/mol. The quantitative estimate of drug-likeness (QED) is 0.349. The summed E-state index contributed by atoms with van der Waals surface area (Å²) in [5, 5.41) is 4.05. The summed E-state index contributed by atoms with van der Waals surface area (Å²) in [6.45, 7) is 0.621. The van der Waals surface area contributed by atoms with Gasteiger partial charge in [-0.25, -0.2) is 19.2 Å². The zero-order chi connectivity index (χ0) is 26.5. The molecule has 4 aromatic rings. The molecule has 3 heterocycles. The predicted molar refractivity (Wildman–Crippen MR) is 135 cm³/mol. The maximum Gasteiger partial charge on any atom is 0.327 e. The third-order valence-electron chi connectivity index (χ3n) is 6.01. The zero-order valence-corrected chi connectivity index (χ0v) is 20.0. The second kappa shape index (κ2) is 10.9. The summed E-state index contributed by atoms with van der Waals surface area (Å²) >= 11 is 0. The van der Waals surface area contributed by atoms with E-state index in [4.69, 9.17) is 9.15 Å². The van der Waals surface area contributed by atoms with Crippen molar-refractivity contribution in [2.24, 2.45) is 0 Å². The largest absolute Gasteiger partial charge is 0.444 e. The molecule has 2 N–H and O–H groups in total. The van der Waals surface area contributed by atoms with Gasteiger partial charge in [0, 0.05) is 23.7 Å². The Morgan fingerprint density at radius 3 is 2.66 bits per heavy atom. The lowest BCUT2D eigenvalue weighted by Crippen LogP contribution is -2.48. The molecule has 0 aliphatic carbocycles. The molecular formula is C27H22FN5O5. The molecule has 0 saturated carbocycles. The number of carbonyl (C=O) groups is 3. The molecule has 2 aromatic heterocycles. The fourth-order valence-corrected chi connectivity index (χ4v) is 4.22. The van der Waals surface area contributed by atoms with Gasteiger partial charge in [0.15, 0.2) is 0 Å². The van der Waals surface area contributed by atoms with E-state index in [1.54, 1.807) is 60.8 Å². The molecule has 11 heteroatoms.